The first-order valence-electron chi connectivity index (χ1n) is 7.57. The molecular formula is C17H23F2N. The minimum Gasteiger partial charge on any atom is -0.310 e. The predicted octanol–water partition coefficient (Wildman–Crippen LogP) is 4.13. The zero-order chi connectivity index (χ0) is 14.5. The van der Waals surface area contributed by atoms with Gasteiger partial charge in [0.2, 0.25) is 0 Å². The number of halogens is 2. The largest absolute Gasteiger partial charge is 0.310 e. The van der Waals surface area contributed by atoms with Gasteiger partial charge in [-0.05, 0) is 54.2 Å². The van der Waals surface area contributed by atoms with Crippen LogP contribution in [0.5, 0.6) is 0 Å². The Bertz CT molecular complexity index is 512. The minimum atomic E-state index is -0.371. The summed E-state index contributed by atoms with van der Waals surface area (Å²) in [5, 5.41) is 3.45. The molecule has 0 spiro atoms. The van der Waals surface area contributed by atoms with Crippen LogP contribution in [-0.4, -0.2) is 6.04 Å². The quantitative estimate of drug-likeness (QED) is 0.877. The molecule has 110 valence electrons. The van der Waals surface area contributed by atoms with E-state index in [4.69, 9.17) is 0 Å². The highest BCUT2D eigenvalue weighted by atomic mass is 19.1. The lowest BCUT2D eigenvalue weighted by atomic mass is 9.45. The summed E-state index contributed by atoms with van der Waals surface area (Å²) < 4.78 is 26.8. The molecule has 4 rings (SSSR count). The Morgan fingerprint density at radius 1 is 1.25 bits per heavy atom. The van der Waals surface area contributed by atoms with Gasteiger partial charge in [0, 0.05) is 18.2 Å². The normalized spacial score (nSPS) is 34.6. The van der Waals surface area contributed by atoms with E-state index in [1.54, 1.807) is 0 Å². The first-order valence-corrected chi connectivity index (χ1v) is 7.57. The maximum absolute atomic E-state index is 13.6. The standard InChI is InChI=1S/C17H23F2N/c1-10-14-7-12(17(14,2)3)8-16(10)20-9-11-6-13(18)4-5-15(11)19/h4-6,10,12,14,16,20H,7-9H2,1-3H3/t10?,12-,14+,16+/m1/s1. The van der Waals surface area contributed by atoms with E-state index in [2.05, 4.69) is 26.1 Å². The third kappa shape index (κ3) is 2.16. The fourth-order valence-corrected chi connectivity index (χ4v) is 4.34. The van der Waals surface area contributed by atoms with E-state index in [0.29, 0.717) is 29.5 Å². The molecule has 3 saturated carbocycles. The van der Waals surface area contributed by atoms with Crippen LogP contribution in [0.15, 0.2) is 18.2 Å². The summed E-state index contributed by atoms with van der Waals surface area (Å²) in [5.41, 5.74) is 0.887. The van der Waals surface area contributed by atoms with Crippen LogP contribution in [0.3, 0.4) is 0 Å². The van der Waals surface area contributed by atoms with Gasteiger partial charge in [-0.1, -0.05) is 20.8 Å². The zero-order valence-electron chi connectivity index (χ0n) is 12.4. The molecule has 4 atom stereocenters. The third-order valence-electron chi connectivity index (χ3n) is 5.92. The monoisotopic (exact) mass is 279 g/mol. The SMILES string of the molecule is CC1[C@@H](NCc2cc(F)ccc2F)C[C@H]2C[C@@H]1C2(C)C. The summed E-state index contributed by atoms with van der Waals surface area (Å²) in [4.78, 5) is 0. The van der Waals surface area contributed by atoms with Crippen LogP contribution in [0.4, 0.5) is 8.78 Å². The van der Waals surface area contributed by atoms with Crippen molar-refractivity contribution in [3.8, 4) is 0 Å². The van der Waals surface area contributed by atoms with E-state index in [0.717, 1.165) is 18.3 Å². The summed E-state index contributed by atoms with van der Waals surface area (Å²) >= 11 is 0. The van der Waals surface area contributed by atoms with E-state index in [9.17, 15) is 8.78 Å². The van der Waals surface area contributed by atoms with E-state index in [1.807, 2.05) is 0 Å². The van der Waals surface area contributed by atoms with E-state index < -0.39 is 0 Å². The van der Waals surface area contributed by atoms with Crippen LogP contribution < -0.4 is 5.32 Å². The second-order valence-electron chi connectivity index (χ2n) is 7.18. The molecule has 0 aliphatic heterocycles. The van der Waals surface area contributed by atoms with Crippen molar-refractivity contribution in [2.45, 2.75) is 46.2 Å². The molecule has 2 bridgehead atoms. The van der Waals surface area contributed by atoms with Gasteiger partial charge in [-0.2, -0.15) is 0 Å². The first kappa shape index (κ1) is 14.0. The summed E-state index contributed by atoms with van der Waals surface area (Å²) in [5.74, 6) is 1.44. The number of hydrogen-bond donors (Lipinski definition) is 1. The molecule has 1 unspecified atom stereocenters. The highest BCUT2D eigenvalue weighted by molar-refractivity contribution is 5.19. The molecule has 0 amide bonds. The minimum absolute atomic E-state index is 0.326. The number of nitrogens with one attached hydrogen (secondary N) is 1. The summed E-state index contributed by atoms with van der Waals surface area (Å²) in [7, 11) is 0. The van der Waals surface area contributed by atoms with Crippen molar-refractivity contribution in [3.63, 3.8) is 0 Å². The van der Waals surface area contributed by atoms with Crippen molar-refractivity contribution in [3.05, 3.63) is 35.4 Å². The van der Waals surface area contributed by atoms with Gasteiger partial charge in [0.1, 0.15) is 11.6 Å². The number of benzene rings is 1. The molecule has 1 aromatic carbocycles. The molecule has 0 saturated heterocycles. The van der Waals surface area contributed by atoms with E-state index >= 15 is 0 Å². The highest BCUT2D eigenvalue weighted by Crippen LogP contribution is 2.61. The second kappa shape index (κ2) is 4.80. The van der Waals surface area contributed by atoms with Gasteiger partial charge in [0.05, 0.1) is 0 Å². The second-order valence-corrected chi connectivity index (χ2v) is 7.18. The Labute approximate surface area is 119 Å². The summed E-state index contributed by atoms with van der Waals surface area (Å²) in [6.07, 6.45) is 2.49. The maximum Gasteiger partial charge on any atom is 0.127 e. The average Bonchev–Trinajstić information content (AvgIpc) is 2.40. The Balaban J connectivity index is 1.64. The van der Waals surface area contributed by atoms with Gasteiger partial charge in [0.25, 0.3) is 0 Å². The van der Waals surface area contributed by atoms with Crippen molar-refractivity contribution in [2.75, 3.05) is 0 Å². The smallest absolute Gasteiger partial charge is 0.127 e. The van der Waals surface area contributed by atoms with E-state index in [-0.39, 0.29) is 11.6 Å². The van der Waals surface area contributed by atoms with Crippen LogP contribution in [0.2, 0.25) is 0 Å². The molecule has 3 heteroatoms. The fraction of sp³-hybridized carbons (Fsp3) is 0.647. The van der Waals surface area contributed by atoms with Crippen LogP contribution in [0.25, 0.3) is 0 Å². The highest BCUT2D eigenvalue weighted by Gasteiger charge is 2.55. The fourth-order valence-electron chi connectivity index (χ4n) is 4.34. The Hall–Kier alpha value is -0.960. The van der Waals surface area contributed by atoms with Gasteiger partial charge in [-0.25, -0.2) is 8.78 Å². The molecule has 0 aromatic heterocycles. The van der Waals surface area contributed by atoms with Gasteiger partial charge >= 0.3 is 0 Å². The maximum atomic E-state index is 13.6. The molecule has 0 heterocycles. The van der Waals surface area contributed by atoms with Gasteiger partial charge < -0.3 is 5.32 Å². The molecular weight excluding hydrogens is 256 g/mol. The van der Waals surface area contributed by atoms with Crippen molar-refractivity contribution < 1.29 is 8.78 Å². The summed E-state index contributed by atoms with van der Waals surface area (Å²) in [6.45, 7) is 7.44. The average molecular weight is 279 g/mol. The molecule has 20 heavy (non-hydrogen) atoms. The lowest BCUT2D eigenvalue weighted by Gasteiger charge is -2.62. The Kier molecular flexibility index (Phi) is 3.36. The lowest BCUT2D eigenvalue weighted by molar-refractivity contribution is -0.115. The third-order valence-corrected chi connectivity index (χ3v) is 5.92. The van der Waals surface area contributed by atoms with Crippen molar-refractivity contribution in [1.29, 1.82) is 0 Å². The number of rotatable bonds is 3. The van der Waals surface area contributed by atoms with Crippen molar-refractivity contribution in [2.24, 2.45) is 23.2 Å². The van der Waals surface area contributed by atoms with Crippen molar-refractivity contribution in [1.82, 2.24) is 5.32 Å². The Morgan fingerprint density at radius 3 is 2.65 bits per heavy atom. The van der Waals surface area contributed by atoms with Crippen LogP contribution in [0.1, 0.15) is 39.2 Å². The number of hydrogen-bond acceptors (Lipinski definition) is 1. The van der Waals surface area contributed by atoms with Crippen LogP contribution in [0, 0.1) is 34.8 Å². The van der Waals surface area contributed by atoms with Crippen molar-refractivity contribution >= 4 is 0 Å². The molecule has 1 N–H and O–H groups in total. The predicted molar refractivity (Wildman–Crippen MR) is 76.1 cm³/mol. The molecule has 1 aromatic rings. The number of fused-ring (bicyclic) bond motifs is 2. The van der Waals surface area contributed by atoms with Crippen LogP contribution >= 0.6 is 0 Å². The summed E-state index contributed by atoms with van der Waals surface area (Å²) in [6, 6.07) is 4.09. The topological polar surface area (TPSA) is 12.0 Å². The van der Waals surface area contributed by atoms with Gasteiger partial charge in [-0.3, -0.25) is 0 Å². The molecule has 3 aliphatic carbocycles. The van der Waals surface area contributed by atoms with Gasteiger partial charge in [0.15, 0.2) is 0 Å². The van der Waals surface area contributed by atoms with E-state index in [1.165, 1.54) is 24.6 Å². The van der Waals surface area contributed by atoms with Crippen LogP contribution in [-0.2, 0) is 6.54 Å². The molecule has 0 radical (unpaired) electrons. The zero-order valence-corrected chi connectivity index (χ0v) is 12.4. The molecule has 1 nitrogen and oxygen atoms in total. The Morgan fingerprint density at radius 2 is 2.00 bits per heavy atom. The van der Waals surface area contributed by atoms with Gasteiger partial charge in [-0.15, -0.1) is 0 Å². The molecule has 3 fully saturated rings. The molecule has 3 aliphatic rings. The first-order chi connectivity index (χ1) is 9.39. The lowest BCUT2D eigenvalue weighted by Crippen LogP contribution is -2.59.